The molecular formula is C15H14N2O4. The number of Topliss-reactive ketones (excluding diaryl/α,β-unsaturated/α-hetero) is 1. The summed E-state index contributed by atoms with van der Waals surface area (Å²) >= 11 is 0. The number of ketones is 1. The number of benzene rings is 1. The molecule has 2 rings (SSSR count). The molecular weight excluding hydrogens is 272 g/mol. The van der Waals surface area contributed by atoms with Crippen LogP contribution in [0.4, 0.5) is 5.69 Å². The Morgan fingerprint density at radius 2 is 1.90 bits per heavy atom. The molecule has 6 heteroatoms. The Bertz CT molecular complexity index is 681. The molecule has 0 fully saturated rings. The molecule has 0 bridgehead atoms. The highest BCUT2D eigenvalue weighted by Crippen LogP contribution is 2.26. The molecule has 6 nitrogen and oxygen atoms in total. The molecule has 108 valence electrons. The fourth-order valence-corrected chi connectivity index (χ4v) is 1.70. The van der Waals surface area contributed by atoms with Gasteiger partial charge in [-0.25, -0.2) is 9.78 Å². The Morgan fingerprint density at radius 3 is 2.43 bits per heavy atom. The van der Waals surface area contributed by atoms with E-state index in [0.717, 1.165) is 0 Å². The van der Waals surface area contributed by atoms with Crippen molar-refractivity contribution < 1.29 is 19.4 Å². The van der Waals surface area contributed by atoms with Gasteiger partial charge in [0.25, 0.3) is 0 Å². The van der Waals surface area contributed by atoms with Gasteiger partial charge in [0.2, 0.25) is 5.88 Å². The summed E-state index contributed by atoms with van der Waals surface area (Å²) < 4.78 is 5.47. The zero-order valence-electron chi connectivity index (χ0n) is 11.4. The molecule has 21 heavy (non-hydrogen) atoms. The first-order chi connectivity index (χ1) is 10.0. The number of nitrogens with zero attached hydrogens (tertiary/aromatic N) is 1. The number of hydrogen-bond acceptors (Lipinski definition) is 5. The van der Waals surface area contributed by atoms with Gasteiger partial charge in [0.15, 0.2) is 5.78 Å². The van der Waals surface area contributed by atoms with Gasteiger partial charge in [-0.1, -0.05) is 6.92 Å². The summed E-state index contributed by atoms with van der Waals surface area (Å²) in [6.07, 6.45) is 1.61. The molecule has 0 aliphatic heterocycles. The topological polar surface area (TPSA) is 103 Å². The average Bonchev–Trinajstić information content (AvgIpc) is 2.49. The summed E-state index contributed by atoms with van der Waals surface area (Å²) in [6, 6.07) is 7.86. The zero-order valence-corrected chi connectivity index (χ0v) is 11.4. The molecule has 1 aromatic carbocycles. The predicted molar refractivity (Wildman–Crippen MR) is 76.7 cm³/mol. The number of carbonyl (C=O) groups is 2. The van der Waals surface area contributed by atoms with Crippen molar-refractivity contribution in [3.8, 4) is 11.6 Å². The third-order valence-corrected chi connectivity index (χ3v) is 2.84. The van der Waals surface area contributed by atoms with Crippen molar-refractivity contribution in [3.63, 3.8) is 0 Å². The highest BCUT2D eigenvalue weighted by Gasteiger charge is 2.10. The van der Waals surface area contributed by atoms with Crippen molar-refractivity contribution in [1.82, 2.24) is 4.98 Å². The molecule has 3 N–H and O–H groups in total. The number of aromatic carboxylic acids is 1. The summed E-state index contributed by atoms with van der Waals surface area (Å²) in [5.74, 6) is -0.479. The fraction of sp³-hybridized carbons (Fsp3) is 0.133. The lowest BCUT2D eigenvalue weighted by Crippen LogP contribution is -2.02. The minimum absolute atomic E-state index is 0.0104. The van der Waals surface area contributed by atoms with Crippen LogP contribution in [0.1, 0.15) is 34.1 Å². The molecule has 0 unspecified atom stereocenters. The number of rotatable bonds is 5. The highest BCUT2D eigenvalue weighted by atomic mass is 16.5. The smallest absolute Gasteiger partial charge is 0.337 e. The van der Waals surface area contributed by atoms with Gasteiger partial charge >= 0.3 is 5.97 Å². The molecule has 0 spiro atoms. The number of carboxylic acids is 1. The van der Waals surface area contributed by atoms with E-state index in [9.17, 15) is 9.59 Å². The Kier molecular flexibility index (Phi) is 4.18. The van der Waals surface area contributed by atoms with Gasteiger partial charge in [-0.15, -0.1) is 0 Å². The first-order valence-corrected chi connectivity index (χ1v) is 6.31. The van der Waals surface area contributed by atoms with Crippen molar-refractivity contribution >= 4 is 17.4 Å². The molecule has 0 saturated heterocycles. The Hall–Kier alpha value is -2.89. The van der Waals surface area contributed by atoms with Crippen molar-refractivity contribution in [3.05, 3.63) is 47.7 Å². The van der Waals surface area contributed by atoms with Crippen LogP contribution in [0.5, 0.6) is 11.6 Å². The van der Waals surface area contributed by atoms with Crippen LogP contribution in [0, 0.1) is 0 Å². The standard InChI is InChI=1S/C15H14N2O4/c1-2-13(18)9-3-5-11(6-4-9)21-14-12(16)7-10(8-17-14)15(19)20/h3-8H,2,16H2,1H3,(H,19,20). The molecule has 1 aromatic heterocycles. The third kappa shape index (κ3) is 3.36. The SMILES string of the molecule is CCC(=O)c1ccc(Oc2ncc(C(=O)O)cc2N)cc1. The van der Waals surface area contributed by atoms with E-state index in [4.69, 9.17) is 15.6 Å². The van der Waals surface area contributed by atoms with Crippen LogP contribution in [0.15, 0.2) is 36.5 Å². The van der Waals surface area contributed by atoms with E-state index in [-0.39, 0.29) is 22.9 Å². The lowest BCUT2D eigenvalue weighted by molar-refractivity contribution is 0.0696. The van der Waals surface area contributed by atoms with E-state index in [1.165, 1.54) is 12.3 Å². The molecule has 0 aliphatic rings. The lowest BCUT2D eigenvalue weighted by atomic mass is 10.1. The number of carboxylic acid groups (broad SMARTS) is 1. The van der Waals surface area contributed by atoms with Gasteiger partial charge in [-0.3, -0.25) is 4.79 Å². The predicted octanol–water partition coefficient (Wildman–Crippen LogP) is 2.75. The van der Waals surface area contributed by atoms with E-state index in [2.05, 4.69) is 4.98 Å². The van der Waals surface area contributed by atoms with E-state index in [1.807, 2.05) is 0 Å². The second kappa shape index (κ2) is 6.04. The number of hydrogen-bond donors (Lipinski definition) is 2. The second-order valence-electron chi connectivity index (χ2n) is 4.33. The summed E-state index contributed by atoms with van der Waals surface area (Å²) in [5.41, 5.74) is 6.42. The van der Waals surface area contributed by atoms with Gasteiger partial charge in [-0.05, 0) is 30.3 Å². The normalized spacial score (nSPS) is 10.1. The Labute approximate surface area is 121 Å². The van der Waals surface area contributed by atoms with Gasteiger partial charge < -0.3 is 15.6 Å². The number of ether oxygens (including phenoxy) is 1. The monoisotopic (exact) mass is 286 g/mol. The Morgan fingerprint density at radius 1 is 1.24 bits per heavy atom. The zero-order chi connectivity index (χ0) is 15.4. The van der Waals surface area contributed by atoms with Crippen molar-refractivity contribution in [2.24, 2.45) is 0 Å². The van der Waals surface area contributed by atoms with E-state index in [1.54, 1.807) is 31.2 Å². The number of carbonyl (C=O) groups excluding carboxylic acids is 1. The number of nitrogens with two attached hydrogens (primary N) is 1. The average molecular weight is 286 g/mol. The molecule has 0 atom stereocenters. The summed E-state index contributed by atoms with van der Waals surface area (Å²) in [4.78, 5) is 26.2. The fourth-order valence-electron chi connectivity index (χ4n) is 1.70. The van der Waals surface area contributed by atoms with Gasteiger partial charge in [0.1, 0.15) is 5.75 Å². The van der Waals surface area contributed by atoms with Crippen molar-refractivity contribution in [2.75, 3.05) is 5.73 Å². The van der Waals surface area contributed by atoms with Crippen molar-refractivity contribution in [1.29, 1.82) is 0 Å². The summed E-state index contributed by atoms with van der Waals surface area (Å²) in [5, 5.41) is 8.83. The van der Waals surface area contributed by atoms with Gasteiger partial charge in [0, 0.05) is 18.2 Å². The largest absolute Gasteiger partial charge is 0.478 e. The minimum Gasteiger partial charge on any atom is -0.478 e. The molecule has 0 saturated carbocycles. The molecule has 0 amide bonds. The first-order valence-electron chi connectivity index (χ1n) is 6.31. The highest BCUT2D eigenvalue weighted by molar-refractivity contribution is 5.95. The number of aromatic nitrogens is 1. The molecule has 2 aromatic rings. The number of nitrogen functional groups attached to an aromatic ring is 1. The molecule has 0 radical (unpaired) electrons. The second-order valence-corrected chi connectivity index (χ2v) is 4.33. The van der Waals surface area contributed by atoms with E-state index >= 15 is 0 Å². The van der Waals surface area contributed by atoms with Crippen LogP contribution >= 0.6 is 0 Å². The van der Waals surface area contributed by atoms with Crippen LogP contribution in [0.2, 0.25) is 0 Å². The van der Waals surface area contributed by atoms with E-state index < -0.39 is 5.97 Å². The van der Waals surface area contributed by atoms with Crippen LogP contribution in [-0.2, 0) is 0 Å². The molecule has 1 heterocycles. The van der Waals surface area contributed by atoms with Crippen LogP contribution in [0.3, 0.4) is 0 Å². The maximum Gasteiger partial charge on any atom is 0.337 e. The maximum absolute atomic E-state index is 11.5. The van der Waals surface area contributed by atoms with Crippen LogP contribution in [0.25, 0.3) is 0 Å². The summed E-state index contributed by atoms with van der Waals surface area (Å²) in [6.45, 7) is 1.79. The van der Waals surface area contributed by atoms with Gasteiger partial charge in [-0.2, -0.15) is 0 Å². The van der Waals surface area contributed by atoms with Gasteiger partial charge in [0.05, 0.1) is 11.3 Å². The summed E-state index contributed by atoms with van der Waals surface area (Å²) in [7, 11) is 0. The first kappa shape index (κ1) is 14.5. The molecule has 0 aliphatic carbocycles. The minimum atomic E-state index is -1.11. The quantitative estimate of drug-likeness (QED) is 0.819. The van der Waals surface area contributed by atoms with Crippen LogP contribution in [-0.4, -0.2) is 21.8 Å². The number of pyridine rings is 1. The maximum atomic E-state index is 11.5. The van der Waals surface area contributed by atoms with Crippen molar-refractivity contribution in [2.45, 2.75) is 13.3 Å². The lowest BCUT2D eigenvalue weighted by Gasteiger charge is -2.08. The van der Waals surface area contributed by atoms with E-state index in [0.29, 0.717) is 17.7 Å². The van der Waals surface area contributed by atoms with Crippen LogP contribution < -0.4 is 10.5 Å². The Balaban J connectivity index is 2.18. The number of anilines is 1. The third-order valence-electron chi connectivity index (χ3n) is 2.84.